The van der Waals surface area contributed by atoms with E-state index in [0.717, 1.165) is 5.56 Å². The highest BCUT2D eigenvalue weighted by Gasteiger charge is 2.19. The van der Waals surface area contributed by atoms with Gasteiger partial charge in [-0.1, -0.05) is 41.4 Å². The van der Waals surface area contributed by atoms with Gasteiger partial charge in [0.25, 0.3) is 5.91 Å². The third-order valence-corrected chi connectivity index (χ3v) is 4.00. The molecular formula is C18H13Cl2NO4. The Morgan fingerprint density at radius 1 is 1.16 bits per heavy atom. The van der Waals surface area contributed by atoms with E-state index in [0.29, 0.717) is 27.1 Å². The molecule has 128 valence electrons. The number of hydrogen-bond donors (Lipinski definition) is 1. The number of esters is 1. The monoisotopic (exact) mass is 377 g/mol. The van der Waals surface area contributed by atoms with Gasteiger partial charge in [0.1, 0.15) is 12.4 Å². The molecule has 0 fully saturated rings. The number of benzene rings is 2. The molecule has 0 aliphatic carbocycles. The summed E-state index contributed by atoms with van der Waals surface area (Å²) in [5.74, 6) is -0.426. The summed E-state index contributed by atoms with van der Waals surface area (Å²) in [4.78, 5) is 24.0. The Balaban J connectivity index is 1.58. The summed E-state index contributed by atoms with van der Waals surface area (Å²) < 4.78 is 10.5. The van der Waals surface area contributed by atoms with Crippen molar-refractivity contribution in [3.05, 3.63) is 63.6 Å². The lowest BCUT2D eigenvalue weighted by molar-refractivity contribution is -0.143. The van der Waals surface area contributed by atoms with Crippen molar-refractivity contribution in [2.75, 3.05) is 18.5 Å². The average Bonchev–Trinajstić information content (AvgIpc) is 2.62. The molecule has 0 spiro atoms. The molecule has 0 aromatic heterocycles. The Morgan fingerprint density at radius 2 is 1.96 bits per heavy atom. The standard InChI is InChI=1S/C18H13Cl2NO4/c19-13-5-6-14(20)15(8-13)21-17(22)10-25-18(23)12-7-11-3-1-2-4-16(11)24-9-12/h1-8H,9-10H2,(H,21,22). The molecule has 1 aliphatic rings. The van der Waals surface area contributed by atoms with Crippen LogP contribution < -0.4 is 10.1 Å². The van der Waals surface area contributed by atoms with Gasteiger partial charge in [0, 0.05) is 10.6 Å². The SMILES string of the molecule is O=C(COC(=O)C1=Cc2ccccc2OC1)Nc1cc(Cl)ccc1Cl. The van der Waals surface area contributed by atoms with E-state index >= 15 is 0 Å². The van der Waals surface area contributed by atoms with Gasteiger partial charge in [-0.05, 0) is 30.3 Å². The maximum atomic E-state index is 12.1. The number of carbonyl (C=O) groups is 2. The molecule has 7 heteroatoms. The second-order valence-electron chi connectivity index (χ2n) is 5.24. The highest BCUT2D eigenvalue weighted by atomic mass is 35.5. The van der Waals surface area contributed by atoms with Gasteiger partial charge >= 0.3 is 5.97 Å². The van der Waals surface area contributed by atoms with Crippen molar-refractivity contribution < 1.29 is 19.1 Å². The Morgan fingerprint density at radius 3 is 2.80 bits per heavy atom. The molecule has 0 unspecified atom stereocenters. The Labute approximate surface area is 154 Å². The van der Waals surface area contributed by atoms with Gasteiger partial charge < -0.3 is 14.8 Å². The average molecular weight is 378 g/mol. The van der Waals surface area contributed by atoms with Crippen molar-refractivity contribution in [3.8, 4) is 5.75 Å². The minimum absolute atomic E-state index is 0.0948. The van der Waals surface area contributed by atoms with Crippen molar-refractivity contribution in [3.63, 3.8) is 0 Å². The molecule has 25 heavy (non-hydrogen) atoms. The molecule has 0 radical (unpaired) electrons. The fourth-order valence-corrected chi connectivity index (χ4v) is 2.57. The first-order valence-electron chi connectivity index (χ1n) is 7.37. The summed E-state index contributed by atoms with van der Waals surface area (Å²) >= 11 is 11.8. The van der Waals surface area contributed by atoms with Crippen LogP contribution in [0.25, 0.3) is 6.08 Å². The van der Waals surface area contributed by atoms with E-state index in [1.807, 2.05) is 24.3 Å². The zero-order valence-electron chi connectivity index (χ0n) is 12.9. The number of ether oxygens (including phenoxy) is 2. The Kier molecular flexibility index (Phi) is 5.26. The van der Waals surface area contributed by atoms with Gasteiger partial charge in [-0.15, -0.1) is 0 Å². The largest absolute Gasteiger partial charge is 0.488 e. The zero-order valence-corrected chi connectivity index (χ0v) is 14.4. The summed E-state index contributed by atoms with van der Waals surface area (Å²) in [6.45, 7) is -0.349. The number of rotatable bonds is 4. The summed E-state index contributed by atoms with van der Waals surface area (Å²) in [6.07, 6.45) is 1.69. The van der Waals surface area contributed by atoms with Crippen LogP contribution in [0.1, 0.15) is 5.56 Å². The molecule has 1 heterocycles. The van der Waals surface area contributed by atoms with Gasteiger partial charge in [0.05, 0.1) is 16.3 Å². The van der Waals surface area contributed by atoms with Crippen LogP contribution in [-0.4, -0.2) is 25.1 Å². The topological polar surface area (TPSA) is 64.6 Å². The van der Waals surface area contributed by atoms with Gasteiger partial charge in [0.15, 0.2) is 6.61 Å². The van der Waals surface area contributed by atoms with E-state index in [1.54, 1.807) is 18.2 Å². The lowest BCUT2D eigenvalue weighted by Crippen LogP contribution is -2.24. The Bertz CT molecular complexity index is 864. The number of fused-ring (bicyclic) bond motifs is 1. The molecule has 0 saturated carbocycles. The van der Waals surface area contributed by atoms with E-state index < -0.39 is 18.5 Å². The number of anilines is 1. The van der Waals surface area contributed by atoms with Crippen molar-refractivity contribution in [2.45, 2.75) is 0 Å². The van der Waals surface area contributed by atoms with Crippen molar-refractivity contribution in [2.24, 2.45) is 0 Å². The highest BCUT2D eigenvalue weighted by Crippen LogP contribution is 2.27. The van der Waals surface area contributed by atoms with E-state index in [1.165, 1.54) is 6.07 Å². The normalized spacial score (nSPS) is 12.5. The first-order chi connectivity index (χ1) is 12.0. The molecular weight excluding hydrogens is 365 g/mol. The van der Waals surface area contributed by atoms with Gasteiger partial charge in [0.2, 0.25) is 0 Å². The second-order valence-corrected chi connectivity index (χ2v) is 6.09. The number of carbonyl (C=O) groups excluding carboxylic acids is 2. The predicted octanol–water partition coefficient (Wildman–Crippen LogP) is 3.95. The summed E-state index contributed by atoms with van der Waals surface area (Å²) in [5, 5.41) is 3.31. The van der Waals surface area contributed by atoms with Gasteiger partial charge in [-0.2, -0.15) is 0 Å². The predicted molar refractivity (Wildman–Crippen MR) is 96.0 cm³/mol. The molecule has 3 rings (SSSR count). The molecule has 1 amide bonds. The second kappa shape index (κ2) is 7.59. The van der Waals surface area contributed by atoms with Crippen LogP contribution in [0, 0.1) is 0 Å². The molecule has 0 bridgehead atoms. The third-order valence-electron chi connectivity index (χ3n) is 3.43. The smallest absolute Gasteiger partial charge is 0.338 e. The van der Waals surface area contributed by atoms with E-state index in [2.05, 4.69) is 5.32 Å². The Hall–Kier alpha value is -2.50. The summed E-state index contributed by atoms with van der Waals surface area (Å²) in [6, 6.07) is 12.0. The van der Waals surface area contributed by atoms with Crippen molar-refractivity contribution in [1.82, 2.24) is 0 Å². The molecule has 2 aromatic rings. The number of nitrogens with one attached hydrogen (secondary N) is 1. The third kappa shape index (κ3) is 4.32. The fourth-order valence-electron chi connectivity index (χ4n) is 2.24. The molecule has 1 aliphatic heterocycles. The van der Waals surface area contributed by atoms with Gasteiger partial charge in [-0.3, -0.25) is 4.79 Å². The summed E-state index contributed by atoms with van der Waals surface area (Å²) in [7, 11) is 0. The number of halogens is 2. The minimum Gasteiger partial charge on any atom is -0.488 e. The fraction of sp³-hybridized carbons (Fsp3) is 0.111. The first kappa shape index (κ1) is 17.3. The maximum Gasteiger partial charge on any atom is 0.338 e. The van der Waals surface area contributed by atoms with E-state index in [4.69, 9.17) is 32.7 Å². The molecule has 1 N–H and O–H groups in total. The quantitative estimate of drug-likeness (QED) is 0.819. The van der Waals surface area contributed by atoms with Crippen LogP contribution in [0.2, 0.25) is 10.0 Å². The highest BCUT2D eigenvalue weighted by molar-refractivity contribution is 6.35. The molecule has 5 nitrogen and oxygen atoms in total. The zero-order chi connectivity index (χ0) is 17.8. The molecule has 2 aromatic carbocycles. The van der Waals surface area contributed by atoms with Crippen LogP contribution in [0.15, 0.2) is 48.0 Å². The minimum atomic E-state index is -0.609. The van der Waals surface area contributed by atoms with Gasteiger partial charge in [-0.25, -0.2) is 4.79 Å². The van der Waals surface area contributed by atoms with Crippen molar-refractivity contribution in [1.29, 1.82) is 0 Å². The van der Waals surface area contributed by atoms with Crippen LogP contribution >= 0.6 is 23.2 Å². The van der Waals surface area contributed by atoms with Crippen LogP contribution in [0.3, 0.4) is 0 Å². The number of hydrogen-bond acceptors (Lipinski definition) is 4. The lowest BCUT2D eigenvalue weighted by Gasteiger charge is -2.16. The van der Waals surface area contributed by atoms with Crippen LogP contribution in [0.4, 0.5) is 5.69 Å². The number of amides is 1. The van der Waals surface area contributed by atoms with Crippen molar-refractivity contribution >= 4 is 46.8 Å². The number of para-hydroxylation sites is 1. The molecule has 0 saturated heterocycles. The summed E-state index contributed by atoms with van der Waals surface area (Å²) in [5.41, 5.74) is 1.48. The van der Waals surface area contributed by atoms with Crippen LogP contribution in [-0.2, 0) is 14.3 Å². The van der Waals surface area contributed by atoms with Crippen LogP contribution in [0.5, 0.6) is 5.75 Å². The maximum absolute atomic E-state index is 12.1. The molecule has 0 atom stereocenters. The van der Waals surface area contributed by atoms with E-state index in [9.17, 15) is 9.59 Å². The first-order valence-corrected chi connectivity index (χ1v) is 8.13. The lowest BCUT2D eigenvalue weighted by atomic mass is 10.1. The van der Waals surface area contributed by atoms with E-state index in [-0.39, 0.29) is 6.61 Å².